The average Bonchev–Trinajstić information content (AvgIpc) is 2.10. The SMILES string of the molecule is COC(C)(C)CCCCNCC(C)C. The summed E-state index contributed by atoms with van der Waals surface area (Å²) in [4.78, 5) is 0. The van der Waals surface area contributed by atoms with Crippen molar-refractivity contribution in [3.63, 3.8) is 0 Å². The highest BCUT2D eigenvalue weighted by Gasteiger charge is 2.14. The van der Waals surface area contributed by atoms with Crippen LogP contribution in [0.3, 0.4) is 0 Å². The molecule has 0 aromatic rings. The van der Waals surface area contributed by atoms with Crippen molar-refractivity contribution in [2.75, 3.05) is 20.2 Å². The van der Waals surface area contributed by atoms with Gasteiger partial charge in [-0.05, 0) is 52.1 Å². The third-order valence-electron chi connectivity index (χ3n) is 2.49. The zero-order valence-corrected chi connectivity index (χ0v) is 10.5. The van der Waals surface area contributed by atoms with E-state index in [2.05, 4.69) is 33.0 Å². The number of rotatable bonds is 8. The van der Waals surface area contributed by atoms with Gasteiger partial charge in [0.2, 0.25) is 0 Å². The van der Waals surface area contributed by atoms with Crippen molar-refractivity contribution in [3.05, 3.63) is 0 Å². The molecule has 2 heteroatoms. The summed E-state index contributed by atoms with van der Waals surface area (Å²) in [6, 6.07) is 0. The lowest BCUT2D eigenvalue weighted by molar-refractivity contribution is 0.0135. The molecule has 0 heterocycles. The van der Waals surface area contributed by atoms with E-state index in [1.165, 1.54) is 12.8 Å². The molecule has 2 nitrogen and oxygen atoms in total. The second kappa shape index (κ2) is 7.24. The molecule has 0 aliphatic heterocycles. The number of methoxy groups -OCH3 is 1. The minimum absolute atomic E-state index is 0.0536. The summed E-state index contributed by atoms with van der Waals surface area (Å²) < 4.78 is 5.36. The normalized spacial score (nSPS) is 12.4. The van der Waals surface area contributed by atoms with Gasteiger partial charge in [0.1, 0.15) is 0 Å². The summed E-state index contributed by atoms with van der Waals surface area (Å²) in [5.74, 6) is 0.755. The standard InChI is InChI=1S/C12H27NO/c1-11(2)10-13-9-7-6-8-12(3,4)14-5/h11,13H,6-10H2,1-5H3. The van der Waals surface area contributed by atoms with Crippen LogP contribution in [0.4, 0.5) is 0 Å². The van der Waals surface area contributed by atoms with Gasteiger partial charge in [0, 0.05) is 7.11 Å². The maximum absolute atomic E-state index is 5.36. The molecule has 0 spiro atoms. The largest absolute Gasteiger partial charge is 0.379 e. The predicted molar refractivity (Wildman–Crippen MR) is 62.6 cm³/mol. The van der Waals surface area contributed by atoms with Crippen LogP contribution in [-0.2, 0) is 4.74 Å². The second-order valence-corrected chi connectivity index (χ2v) is 5.02. The highest BCUT2D eigenvalue weighted by atomic mass is 16.5. The van der Waals surface area contributed by atoms with Crippen LogP contribution in [0.1, 0.15) is 47.0 Å². The molecular formula is C12H27NO. The van der Waals surface area contributed by atoms with Crippen LogP contribution in [0.25, 0.3) is 0 Å². The summed E-state index contributed by atoms with van der Waals surface area (Å²) in [5.41, 5.74) is 0.0536. The lowest BCUT2D eigenvalue weighted by atomic mass is 10.0. The Kier molecular flexibility index (Phi) is 7.20. The van der Waals surface area contributed by atoms with Crippen molar-refractivity contribution in [2.24, 2.45) is 5.92 Å². The molecule has 0 aromatic heterocycles. The first-order valence-electron chi connectivity index (χ1n) is 5.74. The quantitative estimate of drug-likeness (QED) is 0.610. The number of nitrogens with one attached hydrogen (secondary N) is 1. The molecule has 0 rings (SSSR count). The summed E-state index contributed by atoms with van der Waals surface area (Å²) in [7, 11) is 1.79. The number of unbranched alkanes of at least 4 members (excludes halogenated alkanes) is 1. The number of ether oxygens (including phenoxy) is 1. The first-order valence-corrected chi connectivity index (χ1v) is 5.74. The highest BCUT2D eigenvalue weighted by Crippen LogP contribution is 2.15. The van der Waals surface area contributed by atoms with Crippen molar-refractivity contribution in [2.45, 2.75) is 52.6 Å². The van der Waals surface area contributed by atoms with E-state index in [1.807, 2.05) is 0 Å². The molecule has 0 amide bonds. The smallest absolute Gasteiger partial charge is 0.0622 e. The molecule has 0 aliphatic carbocycles. The van der Waals surface area contributed by atoms with E-state index < -0.39 is 0 Å². The Labute approximate surface area is 89.4 Å². The Morgan fingerprint density at radius 1 is 1.21 bits per heavy atom. The average molecular weight is 201 g/mol. The molecule has 0 radical (unpaired) electrons. The maximum atomic E-state index is 5.36. The van der Waals surface area contributed by atoms with Crippen molar-refractivity contribution in [1.82, 2.24) is 5.32 Å². The van der Waals surface area contributed by atoms with Crippen molar-refractivity contribution >= 4 is 0 Å². The summed E-state index contributed by atoms with van der Waals surface area (Å²) in [6.07, 6.45) is 3.64. The van der Waals surface area contributed by atoms with Crippen LogP contribution >= 0.6 is 0 Å². The zero-order valence-electron chi connectivity index (χ0n) is 10.5. The fourth-order valence-electron chi connectivity index (χ4n) is 1.29. The van der Waals surface area contributed by atoms with E-state index in [-0.39, 0.29) is 5.60 Å². The molecule has 14 heavy (non-hydrogen) atoms. The van der Waals surface area contributed by atoms with E-state index in [0.29, 0.717) is 0 Å². The Bertz CT molecular complexity index is 132. The van der Waals surface area contributed by atoms with Gasteiger partial charge in [-0.3, -0.25) is 0 Å². The molecule has 0 aliphatic rings. The monoisotopic (exact) mass is 201 g/mol. The predicted octanol–water partition coefficient (Wildman–Crippen LogP) is 2.83. The van der Waals surface area contributed by atoms with Gasteiger partial charge in [-0.15, -0.1) is 0 Å². The molecule has 0 aromatic carbocycles. The third kappa shape index (κ3) is 8.52. The van der Waals surface area contributed by atoms with Gasteiger partial charge in [0.25, 0.3) is 0 Å². The van der Waals surface area contributed by atoms with Crippen molar-refractivity contribution in [3.8, 4) is 0 Å². The van der Waals surface area contributed by atoms with Gasteiger partial charge in [-0.25, -0.2) is 0 Å². The van der Waals surface area contributed by atoms with Crippen LogP contribution in [0.15, 0.2) is 0 Å². The number of hydrogen-bond acceptors (Lipinski definition) is 2. The fourth-order valence-corrected chi connectivity index (χ4v) is 1.29. The second-order valence-electron chi connectivity index (χ2n) is 5.02. The van der Waals surface area contributed by atoms with Gasteiger partial charge in [0.15, 0.2) is 0 Å². The van der Waals surface area contributed by atoms with Gasteiger partial charge < -0.3 is 10.1 Å². The summed E-state index contributed by atoms with van der Waals surface area (Å²) in [6.45, 7) is 11.0. The molecule has 0 saturated carbocycles. The van der Waals surface area contributed by atoms with E-state index in [0.717, 1.165) is 25.4 Å². The Morgan fingerprint density at radius 3 is 2.36 bits per heavy atom. The first-order chi connectivity index (χ1) is 6.48. The molecule has 0 unspecified atom stereocenters. The molecule has 0 bridgehead atoms. The van der Waals surface area contributed by atoms with Gasteiger partial charge in [0.05, 0.1) is 5.60 Å². The van der Waals surface area contributed by atoms with E-state index in [9.17, 15) is 0 Å². The summed E-state index contributed by atoms with van der Waals surface area (Å²) >= 11 is 0. The van der Waals surface area contributed by atoms with Crippen LogP contribution in [0.5, 0.6) is 0 Å². The molecule has 1 N–H and O–H groups in total. The van der Waals surface area contributed by atoms with E-state index >= 15 is 0 Å². The molecular weight excluding hydrogens is 174 g/mol. The first kappa shape index (κ1) is 13.9. The van der Waals surface area contributed by atoms with Crippen molar-refractivity contribution < 1.29 is 4.74 Å². The van der Waals surface area contributed by atoms with Crippen molar-refractivity contribution in [1.29, 1.82) is 0 Å². The Balaban J connectivity index is 3.21. The van der Waals surface area contributed by atoms with Crippen LogP contribution in [0, 0.1) is 5.92 Å². The Morgan fingerprint density at radius 2 is 1.86 bits per heavy atom. The van der Waals surface area contributed by atoms with E-state index in [4.69, 9.17) is 4.74 Å². The minimum atomic E-state index is 0.0536. The number of hydrogen-bond donors (Lipinski definition) is 1. The zero-order chi connectivity index (χ0) is 11.0. The molecule has 0 atom stereocenters. The minimum Gasteiger partial charge on any atom is -0.379 e. The van der Waals surface area contributed by atoms with E-state index in [1.54, 1.807) is 7.11 Å². The van der Waals surface area contributed by atoms with Crippen LogP contribution < -0.4 is 5.32 Å². The maximum Gasteiger partial charge on any atom is 0.0622 e. The third-order valence-corrected chi connectivity index (χ3v) is 2.49. The molecule has 0 saturated heterocycles. The summed E-state index contributed by atoms with van der Waals surface area (Å²) in [5, 5.41) is 3.45. The Hall–Kier alpha value is -0.0800. The fraction of sp³-hybridized carbons (Fsp3) is 1.00. The van der Waals surface area contributed by atoms with Gasteiger partial charge >= 0.3 is 0 Å². The van der Waals surface area contributed by atoms with Gasteiger partial charge in [-0.2, -0.15) is 0 Å². The van der Waals surface area contributed by atoms with Crippen LogP contribution in [-0.4, -0.2) is 25.8 Å². The lowest BCUT2D eigenvalue weighted by Crippen LogP contribution is -2.24. The van der Waals surface area contributed by atoms with Gasteiger partial charge in [-0.1, -0.05) is 13.8 Å². The molecule has 0 fully saturated rings. The highest BCUT2D eigenvalue weighted by molar-refractivity contribution is 4.67. The topological polar surface area (TPSA) is 21.3 Å². The van der Waals surface area contributed by atoms with Crippen LogP contribution in [0.2, 0.25) is 0 Å². The lowest BCUT2D eigenvalue weighted by Gasteiger charge is -2.22. The molecule has 86 valence electrons.